The maximum absolute atomic E-state index is 12.8. The lowest BCUT2D eigenvalue weighted by atomic mass is 10.3. The third-order valence-corrected chi connectivity index (χ3v) is 7.82. The molecule has 1 aromatic heterocycles. The van der Waals surface area contributed by atoms with Gasteiger partial charge in [0.15, 0.2) is 15.4 Å². The first-order valence-corrected chi connectivity index (χ1v) is 11.9. The van der Waals surface area contributed by atoms with Gasteiger partial charge >= 0.3 is 5.76 Å². The van der Waals surface area contributed by atoms with Crippen LogP contribution < -0.4 is 10.5 Å². The first-order chi connectivity index (χ1) is 12.4. The topological polar surface area (TPSA) is 126 Å². The molecule has 0 unspecified atom stereocenters. The summed E-state index contributed by atoms with van der Waals surface area (Å²) in [7, 11) is -7.95. The van der Waals surface area contributed by atoms with Crippen LogP contribution in [0.15, 0.2) is 47.7 Å². The van der Waals surface area contributed by atoms with Crippen LogP contribution in [0.1, 0.15) is 0 Å². The molecule has 1 heterocycles. The second kappa shape index (κ2) is 6.82. The number of rotatable bonds is 4. The smallest absolute Gasteiger partial charge is 0.406 e. The van der Waals surface area contributed by atoms with Crippen molar-refractivity contribution in [2.45, 2.75) is 9.79 Å². The van der Waals surface area contributed by atoms with E-state index in [2.05, 4.69) is 25.6 Å². The Morgan fingerprint density at radius 2 is 1.81 bits per heavy atom. The molecule has 0 radical (unpaired) electrons. The minimum absolute atomic E-state index is 0.0431. The Bertz CT molecular complexity index is 1350. The van der Waals surface area contributed by atoms with Gasteiger partial charge in [0, 0.05) is 10.7 Å². The summed E-state index contributed by atoms with van der Waals surface area (Å²) in [6.45, 7) is 0. The van der Waals surface area contributed by atoms with E-state index < -0.39 is 25.6 Å². The van der Waals surface area contributed by atoms with Crippen molar-refractivity contribution in [2.24, 2.45) is 0 Å². The summed E-state index contributed by atoms with van der Waals surface area (Å²) in [6, 6.07) is 4.96. The van der Waals surface area contributed by atoms with Crippen LogP contribution in [0.3, 0.4) is 0 Å². The molecule has 0 aliphatic rings. The molecule has 0 amide bonds. The number of aromatic amines is 1. The van der Waals surface area contributed by atoms with Crippen LogP contribution >= 0.6 is 39.1 Å². The quantitative estimate of drug-likeness (QED) is 0.548. The second-order valence-corrected chi connectivity index (χ2v) is 10.7. The highest BCUT2D eigenvalue weighted by molar-refractivity contribution is 9.10. The number of nitrogens with one attached hydrogen (secondary N) is 2. The molecular formula is C14H9BrCl2N2O6S2. The van der Waals surface area contributed by atoms with Gasteiger partial charge in [0.1, 0.15) is 9.92 Å². The molecule has 0 fully saturated rings. The maximum Gasteiger partial charge on any atom is 0.417 e. The molecule has 27 heavy (non-hydrogen) atoms. The standard InChI is InChI=1S/C14H9BrCl2N2O6S2/c1-26(21,22)10-4-6(2-3-8(10)16)19-27(23,24)13-7(15)5-9-12(11(13)17)25-14(20)18-9/h2-5,19H,1H3,(H,18,20). The fraction of sp³-hybridized carbons (Fsp3) is 0.0714. The van der Waals surface area contributed by atoms with Crippen molar-refractivity contribution in [3.05, 3.63) is 49.3 Å². The molecule has 8 nitrogen and oxygen atoms in total. The van der Waals surface area contributed by atoms with Crippen molar-refractivity contribution in [3.8, 4) is 0 Å². The van der Waals surface area contributed by atoms with E-state index in [4.69, 9.17) is 27.6 Å². The van der Waals surface area contributed by atoms with E-state index in [0.29, 0.717) is 0 Å². The number of anilines is 1. The van der Waals surface area contributed by atoms with E-state index in [9.17, 15) is 21.6 Å². The zero-order chi connectivity index (χ0) is 20.1. The Labute approximate surface area is 171 Å². The lowest BCUT2D eigenvalue weighted by Crippen LogP contribution is -2.15. The Morgan fingerprint density at radius 1 is 1.15 bits per heavy atom. The molecule has 144 valence electrons. The van der Waals surface area contributed by atoms with Gasteiger partial charge in [-0.05, 0) is 40.2 Å². The molecule has 0 saturated carbocycles. The molecule has 3 aromatic rings. The van der Waals surface area contributed by atoms with E-state index in [1.165, 1.54) is 18.2 Å². The van der Waals surface area contributed by atoms with Gasteiger partial charge in [0.05, 0.1) is 21.1 Å². The van der Waals surface area contributed by atoms with Crippen molar-refractivity contribution in [1.82, 2.24) is 4.98 Å². The largest absolute Gasteiger partial charge is 0.417 e. The van der Waals surface area contributed by atoms with Gasteiger partial charge in [0.2, 0.25) is 0 Å². The Morgan fingerprint density at radius 3 is 2.44 bits per heavy atom. The van der Waals surface area contributed by atoms with Crippen molar-refractivity contribution >= 4 is 75.8 Å². The fourth-order valence-electron chi connectivity index (χ4n) is 2.31. The number of hydrogen-bond acceptors (Lipinski definition) is 6. The average Bonchev–Trinajstić information content (AvgIpc) is 2.88. The number of aromatic nitrogens is 1. The van der Waals surface area contributed by atoms with Crippen LogP contribution in [0.25, 0.3) is 11.1 Å². The SMILES string of the molecule is CS(=O)(=O)c1cc(NS(=O)(=O)c2c(Br)cc3[nH]c(=O)oc3c2Cl)ccc1Cl. The van der Waals surface area contributed by atoms with Gasteiger partial charge in [-0.2, -0.15) is 0 Å². The molecule has 0 aliphatic carbocycles. The third-order valence-electron chi connectivity index (χ3n) is 3.41. The summed E-state index contributed by atoms with van der Waals surface area (Å²) in [5.74, 6) is -0.795. The predicted octanol–water partition coefficient (Wildman–Crippen LogP) is 3.39. The van der Waals surface area contributed by atoms with Crippen LogP contribution in [-0.4, -0.2) is 28.1 Å². The average molecular weight is 516 g/mol. The summed E-state index contributed by atoms with van der Waals surface area (Å²) in [6.07, 6.45) is 0.946. The van der Waals surface area contributed by atoms with Crippen molar-refractivity contribution in [2.75, 3.05) is 11.0 Å². The minimum atomic E-state index is -4.27. The highest BCUT2D eigenvalue weighted by Crippen LogP contribution is 2.37. The number of fused-ring (bicyclic) bond motifs is 1. The lowest BCUT2D eigenvalue weighted by Gasteiger charge is -2.12. The van der Waals surface area contributed by atoms with Gasteiger partial charge in [0.25, 0.3) is 10.0 Å². The minimum Gasteiger partial charge on any atom is -0.406 e. The molecule has 13 heteroatoms. The van der Waals surface area contributed by atoms with Crippen LogP contribution in [0.4, 0.5) is 5.69 Å². The predicted molar refractivity (Wildman–Crippen MR) is 105 cm³/mol. The molecule has 0 saturated heterocycles. The van der Waals surface area contributed by atoms with E-state index in [1.54, 1.807) is 0 Å². The number of benzene rings is 2. The lowest BCUT2D eigenvalue weighted by molar-refractivity contribution is 0.554. The molecule has 0 bridgehead atoms. The number of H-pyrrole nitrogens is 1. The third kappa shape index (κ3) is 3.87. The van der Waals surface area contributed by atoms with Crippen molar-refractivity contribution in [3.63, 3.8) is 0 Å². The van der Waals surface area contributed by atoms with Gasteiger partial charge in [-0.3, -0.25) is 9.71 Å². The van der Waals surface area contributed by atoms with Crippen LogP contribution in [-0.2, 0) is 19.9 Å². The van der Waals surface area contributed by atoms with E-state index in [-0.39, 0.29) is 41.1 Å². The zero-order valence-electron chi connectivity index (χ0n) is 13.2. The fourth-order valence-corrected chi connectivity index (χ4v) is 6.52. The molecule has 0 aliphatic heterocycles. The molecule has 0 spiro atoms. The monoisotopic (exact) mass is 514 g/mol. The summed E-state index contributed by atoms with van der Waals surface area (Å²) >= 11 is 15.1. The van der Waals surface area contributed by atoms with Crippen LogP contribution in [0, 0.1) is 0 Å². The van der Waals surface area contributed by atoms with Crippen LogP contribution in [0.5, 0.6) is 0 Å². The summed E-state index contributed by atoms with van der Waals surface area (Å²) in [5, 5.41) is -0.363. The molecule has 2 N–H and O–H groups in total. The van der Waals surface area contributed by atoms with Gasteiger partial charge < -0.3 is 4.42 Å². The van der Waals surface area contributed by atoms with Gasteiger partial charge in [-0.25, -0.2) is 21.6 Å². The summed E-state index contributed by atoms with van der Waals surface area (Å²) in [5.41, 5.74) is 0.0401. The molecular weight excluding hydrogens is 507 g/mol. The highest BCUT2D eigenvalue weighted by Gasteiger charge is 2.26. The van der Waals surface area contributed by atoms with Crippen molar-refractivity contribution in [1.29, 1.82) is 0 Å². The van der Waals surface area contributed by atoms with E-state index in [1.807, 2.05) is 0 Å². The first kappa shape index (κ1) is 20.2. The zero-order valence-corrected chi connectivity index (χ0v) is 17.9. The van der Waals surface area contributed by atoms with Crippen LogP contribution in [0.2, 0.25) is 10.0 Å². The summed E-state index contributed by atoms with van der Waals surface area (Å²) < 4.78 is 56.3. The number of oxazole rings is 1. The normalized spacial score (nSPS) is 12.4. The number of sulfone groups is 1. The first-order valence-electron chi connectivity index (χ1n) is 6.93. The van der Waals surface area contributed by atoms with Crippen molar-refractivity contribution < 1.29 is 21.3 Å². The number of sulfonamides is 1. The Balaban J connectivity index is 2.14. The highest BCUT2D eigenvalue weighted by atomic mass is 79.9. The second-order valence-electron chi connectivity index (χ2n) is 5.42. The molecule has 0 atom stereocenters. The molecule has 3 rings (SSSR count). The van der Waals surface area contributed by atoms with E-state index >= 15 is 0 Å². The summed E-state index contributed by atoms with van der Waals surface area (Å²) in [4.78, 5) is 13.1. The molecule has 2 aromatic carbocycles. The maximum atomic E-state index is 12.8. The van der Waals surface area contributed by atoms with E-state index in [0.717, 1.165) is 12.3 Å². The van der Waals surface area contributed by atoms with Gasteiger partial charge in [-0.15, -0.1) is 0 Å². The Kier molecular flexibility index (Phi) is 5.10. The number of hydrogen-bond donors (Lipinski definition) is 2. The van der Waals surface area contributed by atoms with Gasteiger partial charge in [-0.1, -0.05) is 23.2 Å². The Hall–Kier alpha value is -1.53. The number of halogens is 3.